The van der Waals surface area contributed by atoms with Gasteiger partial charge in [0.2, 0.25) is 0 Å². The summed E-state index contributed by atoms with van der Waals surface area (Å²) >= 11 is 6.10. The van der Waals surface area contributed by atoms with Gasteiger partial charge in [0, 0.05) is 27.7 Å². The van der Waals surface area contributed by atoms with Gasteiger partial charge in [-0.25, -0.2) is 4.79 Å². The molecule has 1 aliphatic heterocycles. The van der Waals surface area contributed by atoms with Gasteiger partial charge in [-0.05, 0) is 55.5 Å². The second kappa shape index (κ2) is 5.24. The summed E-state index contributed by atoms with van der Waals surface area (Å²) in [5, 5.41) is 12.9. The van der Waals surface area contributed by atoms with Gasteiger partial charge in [0.25, 0.3) is 5.91 Å². The van der Waals surface area contributed by atoms with Crippen molar-refractivity contribution in [3.05, 3.63) is 51.3 Å². The first-order chi connectivity index (χ1) is 11.5. The molecular weight excluding hydrogens is 328 g/mol. The number of carbonyl (C=O) groups is 2. The smallest absolute Gasteiger partial charge is 0.337 e. The highest BCUT2D eigenvalue weighted by Gasteiger charge is 2.33. The Bertz CT molecular complexity index is 940. The van der Waals surface area contributed by atoms with Crippen LogP contribution in [-0.2, 0) is 11.2 Å². The second-order valence-electron chi connectivity index (χ2n) is 6.13. The van der Waals surface area contributed by atoms with Crippen LogP contribution >= 0.6 is 11.6 Å². The third-order valence-electron chi connectivity index (χ3n) is 4.69. The maximum absolute atomic E-state index is 12.5. The van der Waals surface area contributed by atoms with Crippen molar-refractivity contribution in [2.45, 2.75) is 26.2 Å². The summed E-state index contributed by atoms with van der Waals surface area (Å²) in [6.45, 7) is 1.75. The van der Waals surface area contributed by atoms with Crippen molar-refractivity contribution in [1.29, 1.82) is 0 Å². The Balaban J connectivity index is 1.99. The van der Waals surface area contributed by atoms with Crippen molar-refractivity contribution in [3.63, 3.8) is 0 Å². The first-order valence-corrected chi connectivity index (χ1v) is 8.14. The molecule has 2 aliphatic rings. The minimum atomic E-state index is -0.935. The predicted octanol–water partition coefficient (Wildman–Crippen LogP) is 3.87. The lowest BCUT2D eigenvalue weighted by molar-refractivity contribution is -0.110. The van der Waals surface area contributed by atoms with Gasteiger partial charge in [-0.1, -0.05) is 11.6 Å². The molecule has 2 heterocycles. The molecule has 1 amide bonds. The van der Waals surface area contributed by atoms with E-state index < -0.39 is 5.97 Å². The maximum Gasteiger partial charge on any atom is 0.337 e. The third-order valence-corrected chi connectivity index (χ3v) is 4.92. The molecule has 0 unspecified atom stereocenters. The molecular formula is C18H15ClN2O3. The largest absolute Gasteiger partial charge is 0.478 e. The Kier molecular flexibility index (Phi) is 3.28. The average Bonchev–Trinajstić information content (AvgIpc) is 3.02. The number of fused-ring (bicyclic) bond motifs is 2. The number of hydrogen-bond donors (Lipinski definition) is 3. The summed E-state index contributed by atoms with van der Waals surface area (Å²) in [5.41, 5.74) is 5.48. The summed E-state index contributed by atoms with van der Waals surface area (Å²) in [6.07, 6.45) is 2.23. The lowest BCUT2D eigenvalue weighted by Crippen LogP contribution is -2.10. The van der Waals surface area contributed by atoms with Crippen molar-refractivity contribution in [3.8, 4) is 0 Å². The van der Waals surface area contributed by atoms with Crippen molar-refractivity contribution in [1.82, 2.24) is 4.98 Å². The van der Waals surface area contributed by atoms with E-state index in [1.807, 2.05) is 0 Å². The zero-order valence-corrected chi connectivity index (χ0v) is 13.8. The molecule has 122 valence electrons. The standard InChI is InChI=1S/C18H15ClN2O3/c1-8-14(18(23)24)10-3-2-4-11(16(10)20-8)15-12-7-9(19)5-6-13(12)21-17(15)22/h5-7,20H,2-4H2,1H3,(H,21,22)(H,23,24). The van der Waals surface area contributed by atoms with Crippen molar-refractivity contribution >= 4 is 40.3 Å². The average molecular weight is 343 g/mol. The highest BCUT2D eigenvalue weighted by Crippen LogP contribution is 2.43. The van der Waals surface area contributed by atoms with Crippen molar-refractivity contribution in [2.75, 3.05) is 5.32 Å². The predicted molar refractivity (Wildman–Crippen MR) is 92.3 cm³/mol. The number of aromatic nitrogens is 1. The molecule has 0 bridgehead atoms. The molecule has 0 spiro atoms. The lowest BCUT2D eigenvalue weighted by Gasteiger charge is -2.18. The number of carboxylic acids is 1. The van der Waals surface area contributed by atoms with Crippen LogP contribution in [0.3, 0.4) is 0 Å². The number of benzene rings is 1. The number of halogens is 1. The first-order valence-electron chi connectivity index (χ1n) is 7.77. The fraction of sp³-hybridized carbons (Fsp3) is 0.222. The molecule has 24 heavy (non-hydrogen) atoms. The molecule has 2 aromatic rings. The van der Waals surface area contributed by atoms with Crippen LogP contribution in [0, 0.1) is 6.92 Å². The van der Waals surface area contributed by atoms with Gasteiger partial charge in [-0.3, -0.25) is 4.79 Å². The number of hydrogen-bond acceptors (Lipinski definition) is 2. The van der Waals surface area contributed by atoms with E-state index in [0.717, 1.165) is 40.9 Å². The van der Waals surface area contributed by atoms with E-state index in [9.17, 15) is 14.7 Å². The molecule has 0 saturated carbocycles. The van der Waals surface area contributed by atoms with E-state index in [4.69, 9.17) is 11.6 Å². The highest BCUT2D eigenvalue weighted by molar-refractivity contribution is 6.38. The molecule has 0 radical (unpaired) electrons. The molecule has 0 fully saturated rings. The van der Waals surface area contributed by atoms with Crippen LogP contribution in [0.25, 0.3) is 11.1 Å². The molecule has 0 atom stereocenters. The molecule has 0 saturated heterocycles. The van der Waals surface area contributed by atoms with Gasteiger partial charge in [-0.15, -0.1) is 0 Å². The SMILES string of the molecule is Cc1[nH]c2c(c1C(=O)O)CCCC2=C1C(=O)Nc2ccc(Cl)cc21. The van der Waals surface area contributed by atoms with Gasteiger partial charge in [0.1, 0.15) is 0 Å². The summed E-state index contributed by atoms with van der Waals surface area (Å²) in [7, 11) is 0. The number of aromatic carboxylic acids is 1. The molecule has 4 rings (SSSR count). The normalized spacial score (nSPS) is 19.0. The highest BCUT2D eigenvalue weighted by atomic mass is 35.5. The van der Waals surface area contributed by atoms with E-state index in [1.54, 1.807) is 25.1 Å². The summed E-state index contributed by atoms with van der Waals surface area (Å²) in [5.74, 6) is -1.10. The number of H-pyrrole nitrogens is 1. The number of amides is 1. The third kappa shape index (κ3) is 2.08. The zero-order valence-electron chi connectivity index (χ0n) is 13.0. The van der Waals surface area contributed by atoms with Gasteiger partial charge < -0.3 is 15.4 Å². The molecule has 1 aliphatic carbocycles. The van der Waals surface area contributed by atoms with Gasteiger partial charge in [0.15, 0.2) is 0 Å². The minimum Gasteiger partial charge on any atom is -0.478 e. The second-order valence-corrected chi connectivity index (χ2v) is 6.57. The molecule has 6 heteroatoms. The van der Waals surface area contributed by atoms with E-state index in [2.05, 4.69) is 10.3 Å². The number of rotatable bonds is 1. The number of carboxylic acid groups (broad SMARTS) is 1. The Morgan fingerprint density at radius 2 is 2.08 bits per heavy atom. The number of carbonyl (C=O) groups excluding carboxylic acids is 1. The van der Waals surface area contributed by atoms with E-state index >= 15 is 0 Å². The zero-order chi connectivity index (χ0) is 17.0. The first kappa shape index (κ1) is 15.0. The molecule has 3 N–H and O–H groups in total. The lowest BCUT2D eigenvalue weighted by atomic mass is 9.86. The van der Waals surface area contributed by atoms with E-state index in [1.165, 1.54) is 0 Å². The number of allylic oxidation sites excluding steroid dienone is 1. The van der Waals surface area contributed by atoms with Crippen LogP contribution in [0.5, 0.6) is 0 Å². The number of anilines is 1. The monoisotopic (exact) mass is 342 g/mol. The van der Waals surface area contributed by atoms with Crippen LogP contribution in [0.2, 0.25) is 5.02 Å². The molecule has 1 aromatic heterocycles. The fourth-order valence-corrected chi connectivity index (χ4v) is 3.90. The number of nitrogens with one attached hydrogen (secondary N) is 2. The van der Waals surface area contributed by atoms with Crippen LogP contribution in [0.15, 0.2) is 18.2 Å². The Labute approximate surface area is 143 Å². The van der Waals surface area contributed by atoms with E-state index in [-0.39, 0.29) is 5.91 Å². The quantitative estimate of drug-likeness (QED) is 0.688. The van der Waals surface area contributed by atoms with Gasteiger partial charge in [-0.2, -0.15) is 0 Å². The van der Waals surface area contributed by atoms with Crippen molar-refractivity contribution in [2.24, 2.45) is 0 Å². The van der Waals surface area contributed by atoms with Crippen LogP contribution in [-0.4, -0.2) is 22.0 Å². The van der Waals surface area contributed by atoms with E-state index in [0.29, 0.717) is 28.3 Å². The summed E-state index contributed by atoms with van der Waals surface area (Å²) < 4.78 is 0. The van der Waals surface area contributed by atoms with Crippen molar-refractivity contribution < 1.29 is 14.7 Å². The Hall–Kier alpha value is -2.53. The maximum atomic E-state index is 12.5. The topological polar surface area (TPSA) is 82.2 Å². The summed E-state index contributed by atoms with van der Waals surface area (Å²) in [4.78, 5) is 27.3. The van der Waals surface area contributed by atoms with Gasteiger partial charge in [0.05, 0.1) is 11.1 Å². The Morgan fingerprint density at radius 3 is 2.83 bits per heavy atom. The van der Waals surface area contributed by atoms with Crippen LogP contribution in [0.1, 0.15) is 45.7 Å². The Morgan fingerprint density at radius 1 is 1.29 bits per heavy atom. The van der Waals surface area contributed by atoms with Crippen LogP contribution < -0.4 is 5.32 Å². The number of aryl methyl sites for hydroxylation is 1. The van der Waals surface area contributed by atoms with Gasteiger partial charge >= 0.3 is 5.97 Å². The molecule has 1 aromatic carbocycles. The number of aromatic amines is 1. The summed E-state index contributed by atoms with van der Waals surface area (Å²) in [6, 6.07) is 5.30. The fourth-order valence-electron chi connectivity index (χ4n) is 3.73. The minimum absolute atomic E-state index is 0.167. The van der Waals surface area contributed by atoms with Crippen LogP contribution in [0.4, 0.5) is 5.69 Å². The molecule has 5 nitrogen and oxygen atoms in total.